The number of thioether (sulfide) groups is 1. The lowest BCUT2D eigenvalue weighted by atomic mass is 10.1. The molecule has 0 saturated heterocycles. The van der Waals surface area contributed by atoms with E-state index in [1.54, 1.807) is 30.2 Å². The van der Waals surface area contributed by atoms with Gasteiger partial charge in [-0.15, -0.1) is 10.2 Å². The van der Waals surface area contributed by atoms with E-state index in [2.05, 4.69) is 20.5 Å². The van der Waals surface area contributed by atoms with Gasteiger partial charge in [-0.1, -0.05) is 24.3 Å². The fourth-order valence-electron chi connectivity index (χ4n) is 3.75. The molecule has 0 aliphatic carbocycles. The number of aromatic nitrogens is 4. The SMILES string of the molecule is CSCCC(NC(=O)c1cc(-c2ccco2)nc2ccccc12)c1nnc2ccccn12. The molecule has 4 aromatic heterocycles. The summed E-state index contributed by atoms with van der Waals surface area (Å²) in [6.45, 7) is 0. The van der Waals surface area contributed by atoms with E-state index >= 15 is 0 Å². The minimum Gasteiger partial charge on any atom is -0.463 e. The molecule has 0 aliphatic rings. The highest BCUT2D eigenvalue weighted by atomic mass is 32.2. The number of hydrogen-bond donors (Lipinski definition) is 1. The molecular weight excluding hydrogens is 422 g/mol. The normalized spacial score (nSPS) is 12.3. The summed E-state index contributed by atoms with van der Waals surface area (Å²) < 4.78 is 7.45. The molecule has 0 fully saturated rings. The predicted octanol–water partition coefficient (Wildman–Crippen LogP) is 4.76. The Labute approximate surface area is 188 Å². The monoisotopic (exact) mass is 443 g/mol. The van der Waals surface area contributed by atoms with Gasteiger partial charge >= 0.3 is 0 Å². The van der Waals surface area contributed by atoms with Crippen molar-refractivity contribution in [2.24, 2.45) is 0 Å². The Hall–Kier alpha value is -3.65. The molecule has 1 amide bonds. The standard InChI is InChI=1S/C24H21N5O2S/c1-32-14-11-19(23-28-27-22-10-4-5-12-29(22)23)26-24(30)17-15-20(21-9-6-13-31-21)25-18-8-3-2-7-16(17)18/h2-10,12-13,15,19H,11,14H2,1H3,(H,26,30). The minimum absolute atomic E-state index is 0.185. The van der Waals surface area contributed by atoms with E-state index in [-0.39, 0.29) is 11.9 Å². The molecule has 0 bridgehead atoms. The summed E-state index contributed by atoms with van der Waals surface area (Å²) >= 11 is 1.73. The molecule has 1 N–H and O–H groups in total. The third-order valence-electron chi connectivity index (χ3n) is 5.30. The first-order valence-electron chi connectivity index (χ1n) is 10.3. The quantitative estimate of drug-likeness (QED) is 0.390. The second kappa shape index (κ2) is 8.84. The van der Waals surface area contributed by atoms with Crippen LogP contribution in [-0.2, 0) is 0 Å². The van der Waals surface area contributed by atoms with Crippen LogP contribution in [0, 0.1) is 0 Å². The van der Waals surface area contributed by atoms with E-state index in [0.29, 0.717) is 22.8 Å². The molecule has 160 valence electrons. The Morgan fingerprint density at radius 3 is 2.84 bits per heavy atom. The summed E-state index contributed by atoms with van der Waals surface area (Å²) in [6, 6.07) is 18.5. The molecule has 1 atom stereocenters. The van der Waals surface area contributed by atoms with Gasteiger partial charge < -0.3 is 9.73 Å². The van der Waals surface area contributed by atoms with Crippen molar-refractivity contribution < 1.29 is 9.21 Å². The largest absolute Gasteiger partial charge is 0.463 e. The smallest absolute Gasteiger partial charge is 0.252 e. The number of carbonyl (C=O) groups excluding carboxylic acids is 1. The number of para-hydroxylation sites is 1. The van der Waals surface area contributed by atoms with Gasteiger partial charge in [-0.3, -0.25) is 9.20 Å². The summed E-state index contributed by atoms with van der Waals surface area (Å²) in [6.07, 6.45) is 6.30. The first-order chi connectivity index (χ1) is 15.7. The maximum atomic E-state index is 13.6. The Morgan fingerprint density at radius 2 is 2.00 bits per heavy atom. The number of nitrogens with one attached hydrogen (secondary N) is 1. The number of furan rings is 1. The van der Waals surface area contributed by atoms with E-state index in [0.717, 1.165) is 28.7 Å². The van der Waals surface area contributed by atoms with Crippen molar-refractivity contribution in [1.82, 2.24) is 24.9 Å². The van der Waals surface area contributed by atoms with E-state index in [4.69, 9.17) is 4.42 Å². The molecule has 5 rings (SSSR count). The van der Waals surface area contributed by atoms with Crippen LogP contribution < -0.4 is 5.32 Å². The van der Waals surface area contributed by atoms with Gasteiger partial charge in [0.2, 0.25) is 0 Å². The van der Waals surface area contributed by atoms with E-state index in [1.807, 2.05) is 65.4 Å². The van der Waals surface area contributed by atoms with E-state index in [9.17, 15) is 4.79 Å². The van der Waals surface area contributed by atoms with E-state index < -0.39 is 0 Å². The number of hydrogen-bond acceptors (Lipinski definition) is 6. The summed E-state index contributed by atoms with van der Waals surface area (Å²) in [5, 5.41) is 12.6. The Bertz CT molecular complexity index is 1380. The van der Waals surface area contributed by atoms with Crippen molar-refractivity contribution in [3.63, 3.8) is 0 Å². The molecule has 0 aliphatic heterocycles. The lowest BCUT2D eigenvalue weighted by Gasteiger charge is -2.18. The fraction of sp³-hybridized carbons (Fsp3) is 0.167. The number of rotatable bonds is 7. The van der Waals surface area contributed by atoms with Crippen LogP contribution in [0.2, 0.25) is 0 Å². The molecule has 32 heavy (non-hydrogen) atoms. The molecule has 1 unspecified atom stereocenters. The highest BCUT2D eigenvalue weighted by Crippen LogP contribution is 2.26. The van der Waals surface area contributed by atoms with Gasteiger partial charge in [0, 0.05) is 11.6 Å². The van der Waals surface area contributed by atoms with Gasteiger partial charge in [-0.05, 0) is 54.8 Å². The molecule has 4 heterocycles. The second-order valence-corrected chi connectivity index (χ2v) is 8.33. The number of nitrogens with zero attached hydrogens (tertiary/aromatic N) is 4. The molecule has 5 aromatic rings. The minimum atomic E-state index is -0.286. The maximum Gasteiger partial charge on any atom is 0.252 e. The van der Waals surface area contributed by atoms with Crippen molar-refractivity contribution in [3.05, 3.63) is 84.5 Å². The maximum absolute atomic E-state index is 13.6. The highest BCUT2D eigenvalue weighted by molar-refractivity contribution is 7.98. The van der Waals surface area contributed by atoms with Crippen molar-refractivity contribution in [1.29, 1.82) is 0 Å². The predicted molar refractivity (Wildman–Crippen MR) is 126 cm³/mol. The van der Waals surface area contributed by atoms with E-state index in [1.165, 1.54) is 0 Å². The van der Waals surface area contributed by atoms with Gasteiger partial charge in [-0.2, -0.15) is 11.8 Å². The molecule has 0 spiro atoms. The number of benzene rings is 1. The summed E-state index contributed by atoms with van der Waals surface area (Å²) in [5.41, 5.74) is 2.65. The summed E-state index contributed by atoms with van der Waals surface area (Å²) in [5.74, 6) is 2.02. The zero-order chi connectivity index (χ0) is 21.9. The fourth-order valence-corrected chi connectivity index (χ4v) is 4.22. The molecular formula is C24H21N5O2S. The first-order valence-corrected chi connectivity index (χ1v) is 11.7. The topological polar surface area (TPSA) is 85.3 Å². The number of amides is 1. The molecule has 0 radical (unpaired) electrons. The van der Waals surface area contributed by atoms with Crippen LogP contribution >= 0.6 is 11.8 Å². The van der Waals surface area contributed by atoms with Gasteiger partial charge in [-0.25, -0.2) is 4.98 Å². The van der Waals surface area contributed by atoms with Crippen molar-refractivity contribution in [3.8, 4) is 11.5 Å². The third kappa shape index (κ3) is 3.85. The number of pyridine rings is 2. The summed E-state index contributed by atoms with van der Waals surface area (Å²) in [4.78, 5) is 18.2. The van der Waals surface area contributed by atoms with Crippen molar-refractivity contribution in [2.45, 2.75) is 12.5 Å². The van der Waals surface area contributed by atoms with Crippen LogP contribution in [0.5, 0.6) is 0 Å². The average molecular weight is 444 g/mol. The van der Waals surface area contributed by atoms with Crippen LogP contribution in [0.1, 0.15) is 28.6 Å². The van der Waals surface area contributed by atoms with Gasteiger partial charge in [0.1, 0.15) is 5.69 Å². The molecule has 8 heteroatoms. The van der Waals surface area contributed by atoms with Crippen molar-refractivity contribution in [2.75, 3.05) is 12.0 Å². The average Bonchev–Trinajstić information content (AvgIpc) is 3.51. The third-order valence-corrected chi connectivity index (χ3v) is 5.95. The molecule has 1 aromatic carbocycles. The second-order valence-electron chi connectivity index (χ2n) is 7.34. The Morgan fingerprint density at radius 1 is 1.12 bits per heavy atom. The van der Waals surface area contributed by atoms with Crippen LogP contribution in [0.25, 0.3) is 28.0 Å². The van der Waals surface area contributed by atoms with Crippen LogP contribution in [-0.4, -0.2) is 37.5 Å². The van der Waals surface area contributed by atoms with Crippen LogP contribution in [0.4, 0.5) is 0 Å². The zero-order valence-corrected chi connectivity index (χ0v) is 18.2. The van der Waals surface area contributed by atoms with Gasteiger partial charge in [0.15, 0.2) is 17.2 Å². The lowest BCUT2D eigenvalue weighted by Crippen LogP contribution is -2.30. The first kappa shape index (κ1) is 20.3. The molecule has 0 saturated carbocycles. The summed E-state index contributed by atoms with van der Waals surface area (Å²) in [7, 11) is 0. The molecule has 7 nitrogen and oxygen atoms in total. The number of fused-ring (bicyclic) bond motifs is 2. The van der Waals surface area contributed by atoms with Crippen molar-refractivity contribution >= 4 is 34.2 Å². The number of carbonyl (C=O) groups is 1. The van der Waals surface area contributed by atoms with Gasteiger partial charge in [0.25, 0.3) is 5.91 Å². The van der Waals surface area contributed by atoms with Crippen LogP contribution in [0.15, 0.2) is 77.5 Å². The highest BCUT2D eigenvalue weighted by Gasteiger charge is 2.23. The van der Waals surface area contributed by atoms with Gasteiger partial charge in [0.05, 0.1) is 23.4 Å². The van der Waals surface area contributed by atoms with Crippen LogP contribution in [0.3, 0.4) is 0 Å². The Balaban J connectivity index is 1.55. The lowest BCUT2D eigenvalue weighted by molar-refractivity contribution is 0.0935. The Kier molecular flexibility index (Phi) is 5.60. The zero-order valence-electron chi connectivity index (χ0n) is 17.4.